The maximum absolute atomic E-state index is 8.87. The first kappa shape index (κ1) is 5.94. The molecular formula is C5H8N2O2. The van der Waals surface area contributed by atoms with E-state index in [0.717, 1.165) is 0 Å². The fraction of sp³-hybridized carbons (Fsp3) is 0.400. The van der Waals surface area contributed by atoms with Gasteiger partial charge in [0.1, 0.15) is 0 Å². The smallest absolute Gasteiger partial charge is 0.296 e. The second kappa shape index (κ2) is 1.97. The minimum absolute atomic E-state index is 0.00463. The summed E-state index contributed by atoms with van der Waals surface area (Å²) in [5.74, 6) is -0.00463. The Bertz CT molecular complexity index is 187. The minimum atomic E-state index is -0.144. The fourth-order valence-electron chi connectivity index (χ4n) is 0.661. The van der Waals surface area contributed by atoms with E-state index in [4.69, 9.17) is 10.2 Å². The summed E-state index contributed by atoms with van der Waals surface area (Å²) in [6.07, 6.45) is 1.21. The van der Waals surface area contributed by atoms with Crippen LogP contribution in [-0.2, 0) is 6.54 Å². The van der Waals surface area contributed by atoms with Gasteiger partial charge < -0.3 is 10.2 Å². The van der Waals surface area contributed by atoms with E-state index < -0.39 is 0 Å². The monoisotopic (exact) mass is 128 g/mol. The molecule has 0 radical (unpaired) electrons. The number of rotatable bonds is 1. The van der Waals surface area contributed by atoms with Gasteiger partial charge in [-0.05, 0) is 6.92 Å². The fourth-order valence-corrected chi connectivity index (χ4v) is 0.661. The molecule has 0 fully saturated rings. The molecule has 1 rings (SSSR count). The molecule has 50 valence electrons. The maximum atomic E-state index is 8.87. The van der Waals surface area contributed by atoms with E-state index >= 15 is 0 Å². The third-order valence-electron chi connectivity index (χ3n) is 1.13. The second-order valence-electron chi connectivity index (χ2n) is 1.66. The van der Waals surface area contributed by atoms with Crippen LogP contribution in [0.1, 0.15) is 6.92 Å². The van der Waals surface area contributed by atoms with E-state index in [9.17, 15) is 0 Å². The molecule has 1 aromatic heterocycles. The normalized spacial score (nSPS) is 9.89. The second-order valence-corrected chi connectivity index (χ2v) is 1.66. The van der Waals surface area contributed by atoms with E-state index in [-0.39, 0.29) is 11.9 Å². The minimum Gasteiger partial charge on any atom is -0.493 e. The van der Waals surface area contributed by atoms with Gasteiger partial charge in [0, 0.05) is 6.54 Å². The van der Waals surface area contributed by atoms with Crippen molar-refractivity contribution >= 4 is 0 Å². The topological polar surface area (TPSA) is 58.3 Å². The van der Waals surface area contributed by atoms with Gasteiger partial charge in [-0.25, -0.2) is 0 Å². The Morgan fingerprint density at radius 1 is 1.67 bits per heavy atom. The zero-order chi connectivity index (χ0) is 6.85. The van der Waals surface area contributed by atoms with E-state index in [1.807, 2.05) is 0 Å². The third-order valence-corrected chi connectivity index (χ3v) is 1.13. The summed E-state index contributed by atoms with van der Waals surface area (Å²) in [4.78, 5) is 3.46. The summed E-state index contributed by atoms with van der Waals surface area (Å²) in [5.41, 5.74) is 0. The lowest BCUT2D eigenvalue weighted by molar-refractivity contribution is 0.366. The zero-order valence-electron chi connectivity index (χ0n) is 5.07. The molecular weight excluding hydrogens is 120 g/mol. The molecule has 0 spiro atoms. The molecule has 0 amide bonds. The van der Waals surface area contributed by atoms with Crippen LogP contribution in [0.2, 0.25) is 0 Å². The van der Waals surface area contributed by atoms with Crippen LogP contribution in [0.5, 0.6) is 11.9 Å². The number of hydrogen-bond acceptors (Lipinski definition) is 3. The van der Waals surface area contributed by atoms with Crippen LogP contribution in [-0.4, -0.2) is 19.8 Å². The average Bonchev–Trinajstić information content (AvgIpc) is 2.12. The quantitative estimate of drug-likeness (QED) is 0.572. The first-order chi connectivity index (χ1) is 4.25. The van der Waals surface area contributed by atoms with Crippen LogP contribution >= 0.6 is 0 Å². The van der Waals surface area contributed by atoms with Crippen LogP contribution in [0.3, 0.4) is 0 Å². The summed E-state index contributed by atoms with van der Waals surface area (Å²) >= 11 is 0. The van der Waals surface area contributed by atoms with E-state index in [0.29, 0.717) is 6.54 Å². The van der Waals surface area contributed by atoms with Crippen LogP contribution in [0, 0.1) is 0 Å². The molecule has 0 bridgehead atoms. The molecule has 2 N–H and O–H groups in total. The van der Waals surface area contributed by atoms with Crippen molar-refractivity contribution in [1.29, 1.82) is 0 Å². The number of aromatic hydroxyl groups is 2. The molecule has 4 heteroatoms. The van der Waals surface area contributed by atoms with Crippen LogP contribution in [0.15, 0.2) is 6.20 Å². The van der Waals surface area contributed by atoms with Gasteiger partial charge in [0.2, 0.25) is 5.88 Å². The first-order valence-electron chi connectivity index (χ1n) is 2.69. The Morgan fingerprint density at radius 2 is 2.33 bits per heavy atom. The van der Waals surface area contributed by atoms with Gasteiger partial charge >= 0.3 is 0 Å². The molecule has 0 saturated carbocycles. The van der Waals surface area contributed by atoms with Crippen molar-refractivity contribution in [2.45, 2.75) is 13.5 Å². The Hall–Kier alpha value is -1.19. The molecule has 0 unspecified atom stereocenters. The van der Waals surface area contributed by atoms with Crippen molar-refractivity contribution in [2.24, 2.45) is 0 Å². The van der Waals surface area contributed by atoms with Crippen molar-refractivity contribution in [3.05, 3.63) is 6.20 Å². The maximum Gasteiger partial charge on any atom is 0.296 e. The molecule has 4 nitrogen and oxygen atoms in total. The van der Waals surface area contributed by atoms with Crippen LogP contribution in [0.4, 0.5) is 0 Å². The van der Waals surface area contributed by atoms with Crippen molar-refractivity contribution < 1.29 is 10.2 Å². The summed E-state index contributed by atoms with van der Waals surface area (Å²) in [6, 6.07) is -0.144. The lowest BCUT2D eigenvalue weighted by Gasteiger charge is -1.97. The van der Waals surface area contributed by atoms with E-state index in [2.05, 4.69) is 4.98 Å². The molecule has 0 aliphatic rings. The molecule has 0 saturated heterocycles. The van der Waals surface area contributed by atoms with Gasteiger partial charge in [0.25, 0.3) is 6.01 Å². The molecule has 1 heterocycles. The Balaban J connectivity index is 3.07. The van der Waals surface area contributed by atoms with Crippen molar-refractivity contribution in [1.82, 2.24) is 9.55 Å². The van der Waals surface area contributed by atoms with Gasteiger partial charge in [-0.1, -0.05) is 0 Å². The Labute approximate surface area is 52.4 Å². The third kappa shape index (κ3) is 0.826. The lowest BCUT2D eigenvalue weighted by Crippen LogP contribution is -1.90. The predicted octanol–water partition coefficient (Wildman–Crippen LogP) is 0.314. The Morgan fingerprint density at radius 3 is 2.56 bits per heavy atom. The van der Waals surface area contributed by atoms with Gasteiger partial charge in [0.05, 0.1) is 6.20 Å². The summed E-state index contributed by atoms with van der Waals surface area (Å²) in [6.45, 7) is 2.33. The lowest BCUT2D eigenvalue weighted by atomic mass is 10.7. The molecule has 0 atom stereocenters. The molecule has 1 aromatic rings. The van der Waals surface area contributed by atoms with Crippen LogP contribution in [0.25, 0.3) is 0 Å². The van der Waals surface area contributed by atoms with Crippen LogP contribution < -0.4 is 0 Å². The number of nitrogens with zero attached hydrogens (tertiary/aromatic N) is 2. The van der Waals surface area contributed by atoms with Gasteiger partial charge in [-0.3, -0.25) is 4.57 Å². The highest BCUT2D eigenvalue weighted by Crippen LogP contribution is 2.15. The first-order valence-corrected chi connectivity index (χ1v) is 2.69. The summed E-state index contributed by atoms with van der Waals surface area (Å²) < 4.78 is 1.29. The number of imidazole rings is 1. The highest BCUT2D eigenvalue weighted by atomic mass is 16.3. The largest absolute Gasteiger partial charge is 0.493 e. The molecule has 0 aliphatic heterocycles. The Kier molecular flexibility index (Phi) is 1.30. The number of aromatic nitrogens is 2. The van der Waals surface area contributed by atoms with E-state index in [1.54, 1.807) is 6.92 Å². The van der Waals surface area contributed by atoms with Gasteiger partial charge in [-0.15, -0.1) is 0 Å². The van der Waals surface area contributed by atoms with Crippen molar-refractivity contribution in [3.8, 4) is 11.9 Å². The van der Waals surface area contributed by atoms with Gasteiger partial charge in [-0.2, -0.15) is 4.98 Å². The zero-order valence-corrected chi connectivity index (χ0v) is 5.07. The predicted molar refractivity (Wildman–Crippen MR) is 31.2 cm³/mol. The number of hydrogen-bond donors (Lipinski definition) is 2. The highest BCUT2D eigenvalue weighted by Gasteiger charge is 2.02. The van der Waals surface area contributed by atoms with E-state index in [1.165, 1.54) is 10.8 Å². The SMILES string of the molecule is CCn1c(O)cnc1O. The molecule has 0 aliphatic carbocycles. The standard InChI is InChI=1S/C5H8N2O2/c1-2-7-4(8)3-6-5(7)9/h3,8H,2H2,1H3,(H,6,9). The molecule has 9 heavy (non-hydrogen) atoms. The van der Waals surface area contributed by atoms with Crippen molar-refractivity contribution in [3.63, 3.8) is 0 Å². The highest BCUT2D eigenvalue weighted by molar-refractivity contribution is 5.11. The summed E-state index contributed by atoms with van der Waals surface area (Å²) in [7, 11) is 0. The molecule has 0 aromatic carbocycles. The van der Waals surface area contributed by atoms with Crippen molar-refractivity contribution in [2.75, 3.05) is 0 Å². The van der Waals surface area contributed by atoms with Gasteiger partial charge in [0.15, 0.2) is 0 Å². The summed E-state index contributed by atoms with van der Waals surface area (Å²) in [5, 5.41) is 17.7. The average molecular weight is 128 g/mol.